The number of rotatable bonds is 4. The summed E-state index contributed by atoms with van der Waals surface area (Å²) in [6.45, 7) is 6.14. The van der Waals surface area contributed by atoms with Crippen LogP contribution in [0.15, 0.2) is 18.2 Å². The van der Waals surface area contributed by atoms with Crippen molar-refractivity contribution in [1.82, 2.24) is 0 Å². The molecule has 1 unspecified atom stereocenters. The first-order valence-electron chi connectivity index (χ1n) is 6.51. The first-order chi connectivity index (χ1) is 8.52. The number of benzene rings is 1. The van der Waals surface area contributed by atoms with E-state index < -0.39 is 5.60 Å². The van der Waals surface area contributed by atoms with Gasteiger partial charge in [-0.25, -0.2) is 0 Å². The summed E-state index contributed by atoms with van der Waals surface area (Å²) in [6, 6.07) is 5.81. The molecule has 0 radical (unpaired) electrons. The summed E-state index contributed by atoms with van der Waals surface area (Å²) in [4.78, 5) is 2.16. The lowest BCUT2D eigenvalue weighted by molar-refractivity contribution is 0.0839. The fourth-order valence-electron chi connectivity index (χ4n) is 2.22. The zero-order chi connectivity index (χ0) is 13.2. The normalized spacial score (nSPS) is 23.4. The standard InChI is InChI=1S/C14H22N2O2/c1-3-8-18-13-9-11(4-5-12(13)15)16-7-6-14(2,17)10-16/h4-5,9,17H,3,6-8,10,15H2,1-2H3. The number of nitrogen functional groups attached to an aromatic ring is 1. The van der Waals surface area contributed by atoms with Crippen LogP contribution in [0.2, 0.25) is 0 Å². The molecule has 1 aromatic rings. The first-order valence-corrected chi connectivity index (χ1v) is 6.51. The van der Waals surface area contributed by atoms with Crippen LogP contribution < -0.4 is 15.4 Å². The molecule has 4 heteroatoms. The molecule has 1 aliphatic rings. The molecule has 0 spiro atoms. The van der Waals surface area contributed by atoms with Gasteiger partial charge in [-0.1, -0.05) is 6.92 Å². The quantitative estimate of drug-likeness (QED) is 0.803. The summed E-state index contributed by atoms with van der Waals surface area (Å²) in [5.74, 6) is 0.737. The maximum absolute atomic E-state index is 9.99. The smallest absolute Gasteiger partial charge is 0.144 e. The van der Waals surface area contributed by atoms with Gasteiger partial charge in [0.1, 0.15) is 5.75 Å². The van der Waals surface area contributed by atoms with Gasteiger partial charge in [0.15, 0.2) is 0 Å². The van der Waals surface area contributed by atoms with Gasteiger partial charge in [-0.15, -0.1) is 0 Å². The van der Waals surface area contributed by atoms with Gasteiger partial charge in [-0.3, -0.25) is 0 Å². The molecule has 2 rings (SSSR count). The first kappa shape index (κ1) is 13.0. The number of nitrogens with two attached hydrogens (primary N) is 1. The number of nitrogens with zero attached hydrogens (tertiary/aromatic N) is 1. The van der Waals surface area contributed by atoms with E-state index in [2.05, 4.69) is 11.8 Å². The molecule has 3 N–H and O–H groups in total. The lowest BCUT2D eigenvalue weighted by atomic mass is 10.1. The highest BCUT2D eigenvalue weighted by atomic mass is 16.5. The lowest BCUT2D eigenvalue weighted by Gasteiger charge is -2.22. The Morgan fingerprint density at radius 2 is 2.28 bits per heavy atom. The van der Waals surface area contributed by atoms with E-state index in [0.29, 0.717) is 18.8 Å². The van der Waals surface area contributed by atoms with Gasteiger partial charge in [-0.05, 0) is 31.9 Å². The maximum atomic E-state index is 9.99. The molecule has 18 heavy (non-hydrogen) atoms. The van der Waals surface area contributed by atoms with Crippen molar-refractivity contribution in [2.75, 3.05) is 30.3 Å². The predicted molar refractivity (Wildman–Crippen MR) is 74.1 cm³/mol. The minimum atomic E-state index is -0.591. The summed E-state index contributed by atoms with van der Waals surface area (Å²) in [6.07, 6.45) is 1.75. The van der Waals surface area contributed by atoms with Crippen molar-refractivity contribution in [3.05, 3.63) is 18.2 Å². The van der Waals surface area contributed by atoms with Crippen LogP contribution in [0.1, 0.15) is 26.7 Å². The lowest BCUT2D eigenvalue weighted by Crippen LogP contribution is -2.29. The van der Waals surface area contributed by atoms with Crippen molar-refractivity contribution in [3.63, 3.8) is 0 Å². The SMILES string of the molecule is CCCOc1cc(N2CCC(C)(O)C2)ccc1N. The minimum absolute atomic E-state index is 0.591. The van der Waals surface area contributed by atoms with E-state index >= 15 is 0 Å². The van der Waals surface area contributed by atoms with E-state index in [1.807, 2.05) is 25.1 Å². The third kappa shape index (κ3) is 2.88. The molecule has 1 atom stereocenters. The van der Waals surface area contributed by atoms with E-state index in [4.69, 9.17) is 10.5 Å². The number of β-amino-alcohol motifs (C(OH)–C–C–N with tert-alkyl or cyclic N) is 1. The van der Waals surface area contributed by atoms with Crippen LogP contribution in [0.3, 0.4) is 0 Å². The van der Waals surface area contributed by atoms with Crippen LogP contribution in [-0.2, 0) is 0 Å². The Kier molecular flexibility index (Phi) is 3.66. The molecule has 1 heterocycles. The van der Waals surface area contributed by atoms with Gasteiger partial charge in [0, 0.05) is 24.8 Å². The molecule has 100 valence electrons. The van der Waals surface area contributed by atoms with Crippen LogP contribution in [0.25, 0.3) is 0 Å². The van der Waals surface area contributed by atoms with Gasteiger partial charge in [0.25, 0.3) is 0 Å². The predicted octanol–water partition coefficient (Wildman–Crippen LogP) is 2.02. The van der Waals surface area contributed by atoms with Crippen LogP contribution in [0, 0.1) is 0 Å². The van der Waals surface area contributed by atoms with Crippen LogP contribution >= 0.6 is 0 Å². The molecule has 1 fully saturated rings. The topological polar surface area (TPSA) is 58.7 Å². The van der Waals surface area contributed by atoms with E-state index in [1.54, 1.807) is 0 Å². The van der Waals surface area contributed by atoms with Gasteiger partial charge >= 0.3 is 0 Å². The highest BCUT2D eigenvalue weighted by molar-refractivity contribution is 5.62. The van der Waals surface area contributed by atoms with Crippen LogP contribution in [0.5, 0.6) is 5.75 Å². The summed E-state index contributed by atoms with van der Waals surface area (Å²) in [5, 5.41) is 9.99. The molecule has 1 saturated heterocycles. The number of hydrogen-bond donors (Lipinski definition) is 2. The highest BCUT2D eigenvalue weighted by Gasteiger charge is 2.31. The van der Waals surface area contributed by atoms with Crippen molar-refractivity contribution < 1.29 is 9.84 Å². The molecule has 1 aliphatic heterocycles. The molecule has 0 saturated carbocycles. The minimum Gasteiger partial charge on any atom is -0.491 e. The number of ether oxygens (including phenoxy) is 1. The van der Waals surface area contributed by atoms with Crippen molar-refractivity contribution in [2.24, 2.45) is 0 Å². The van der Waals surface area contributed by atoms with Gasteiger partial charge < -0.3 is 20.5 Å². The van der Waals surface area contributed by atoms with E-state index in [0.717, 1.165) is 30.8 Å². The average molecular weight is 250 g/mol. The Bertz CT molecular complexity index is 418. The van der Waals surface area contributed by atoms with Gasteiger partial charge in [0.2, 0.25) is 0 Å². The second-order valence-electron chi connectivity index (χ2n) is 5.24. The summed E-state index contributed by atoms with van der Waals surface area (Å²) >= 11 is 0. The fourth-order valence-corrected chi connectivity index (χ4v) is 2.22. The Morgan fingerprint density at radius 1 is 1.50 bits per heavy atom. The van der Waals surface area contributed by atoms with Crippen LogP contribution in [0.4, 0.5) is 11.4 Å². The monoisotopic (exact) mass is 250 g/mol. The average Bonchev–Trinajstić information content (AvgIpc) is 2.69. The zero-order valence-corrected chi connectivity index (χ0v) is 11.1. The molecule has 0 bridgehead atoms. The highest BCUT2D eigenvalue weighted by Crippen LogP contribution is 2.32. The van der Waals surface area contributed by atoms with Gasteiger partial charge in [-0.2, -0.15) is 0 Å². The third-order valence-electron chi connectivity index (χ3n) is 3.28. The number of hydrogen-bond acceptors (Lipinski definition) is 4. The molecule has 0 amide bonds. The van der Waals surface area contributed by atoms with Gasteiger partial charge in [0.05, 0.1) is 17.9 Å². The Hall–Kier alpha value is -1.42. The molecular weight excluding hydrogens is 228 g/mol. The zero-order valence-electron chi connectivity index (χ0n) is 11.1. The largest absolute Gasteiger partial charge is 0.491 e. The van der Waals surface area contributed by atoms with Crippen molar-refractivity contribution in [3.8, 4) is 5.75 Å². The van der Waals surface area contributed by atoms with E-state index in [1.165, 1.54) is 0 Å². The third-order valence-corrected chi connectivity index (χ3v) is 3.28. The van der Waals surface area contributed by atoms with Crippen molar-refractivity contribution >= 4 is 11.4 Å². The Balaban J connectivity index is 2.14. The van der Waals surface area contributed by atoms with E-state index in [9.17, 15) is 5.11 Å². The van der Waals surface area contributed by atoms with Crippen LogP contribution in [-0.4, -0.2) is 30.4 Å². The van der Waals surface area contributed by atoms with Crippen molar-refractivity contribution in [2.45, 2.75) is 32.3 Å². The fraction of sp³-hybridized carbons (Fsp3) is 0.571. The number of anilines is 2. The summed E-state index contributed by atoms with van der Waals surface area (Å²) in [5.41, 5.74) is 7.03. The Morgan fingerprint density at radius 3 is 2.89 bits per heavy atom. The molecular formula is C14H22N2O2. The second-order valence-corrected chi connectivity index (χ2v) is 5.24. The van der Waals surface area contributed by atoms with Crippen molar-refractivity contribution in [1.29, 1.82) is 0 Å². The van der Waals surface area contributed by atoms with E-state index in [-0.39, 0.29) is 0 Å². The maximum Gasteiger partial charge on any atom is 0.144 e. The molecule has 0 aromatic heterocycles. The molecule has 1 aromatic carbocycles. The molecule has 0 aliphatic carbocycles. The summed E-state index contributed by atoms with van der Waals surface area (Å²) < 4.78 is 5.62. The Labute approximate surface area is 108 Å². The number of aliphatic hydroxyl groups is 1. The molecule has 4 nitrogen and oxygen atoms in total. The summed E-state index contributed by atoms with van der Waals surface area (Å²) in [7, 11) is 0. The second kappa shape index (κ2) is 5.06.